The average molecular weight is 253 g/mol. The van der Waals surface area contributed by atoms with Gasteiger partial charge >= 0.3 is 0 Å². The number of halogens is 1. The number of hydrogen-bond acceptors (Lipinski definition) is 3. The van der Waals surface area contributed by atoms with Crippen LogP contribution in [0.2, 0.25) is 0 Å². The number of nitrogens with zero attached hydrogens (tertiary/aromatic N) is 1. The summed E-state index contributed by atoms with van der Waals surface area (Å²) >= 11 is 3.44. The van der Waals surface area contributed by atoms with E-state index in [1.807, 2.05) is 24.3 Å². The number of nitrogen functional groups attached to an aromatic ring is 1. The maximum atomic E-state index is 5.81. The van der Waals surface area contributed by atoms with Crippen molar-refractivity contribution in [2.24, 2.45) is 0 Å². The van der Waals surface area contributed by atoms with Crippen molar-refractivity contribution in [1.82, 2.24) is 4.98 Å². The highest BCUT2D eigenvalue weighted by Crippen LogP contribution is 2.28. The maximum Gasteiger partial charge on any atom is 0.213 e. The Balaban J connectivity index is 2.80. The molecule has 3 nitrogen and oxygen atoms in total. The lowest BCUT2D eigenvalue weighted by Crippen LogP contribution is -1.93. The third-order valence-corrected chi connectivity index (χ3v) is 2.71. The Kier molecular flexibility index (Phi) is 2.29. The molecular weight excluding hydrogens is 244 g/mol. The number of ether oxygens (including phenoxy) is 1. The Labute approximate surface area is 90.0 Å². The molecule has 1 heterocycles. The zero-order valence-electron chi connectivity index (χ0n) is 7.62. The SMILES string of the molecule is COc1ccc2c(Br)ccc(N)c2n1. The summed E-state index contributed by atoms with van der Waals surface area (Å²) in [6.45, 7) is 0. The third-order valence-electron chi connectivity index (χ3n) is 2.02. The maximum absolute atomic E-state index is 5.81. The number of pyridine rings is 1. The van der Waals surface area contributed by atoms with E-state index in [0.717, 1.165) is 15.4 Å². The average Bonchev–Trinajstić information content (AvgIpc) is 2.23. The lowest BCUT2D eigenvalue weighted by molar-refractivity contribution is 0.399. The molecule has 0 radical (unpaired) electrons. The van der Waals surface area contributed by atoms with Crippen molar-refractivity contribution in [1.29, 1.82) is 0 Å². The van der Waals surface area contributed by atoms with E-state index in [4.69, 9.17) is 10.5 Å². The summed E-state index contributed by atoms with van der Waals surface area (Å²) < 4.78 is 6.02. The number of anilines is 1. The highest BCUT2D eigenvalue weighted by molar-refractivity contribution is 9.10. The van der Waals surface area contributed by atoms with Crippen LogP contribution < -0.4 is 10.5 Å². The fourth-order valence-corrected chi connectivity index (χ4v) is 1.75. The van der Waals surface area contributed by atoms with Gasteiger partial charge in [0.05, 0.1) is 18.3 Å². The van der Waals surface area contributed by atoms with Crippen LogP contribution in [-0.2, 0) is 0 Å². The lowest BCUT2D eigenvalue weighted by Gasteiger charge is -2.05. The molecule has 0 aliphatic heterocycles. The number of hydrogen-bond donors (Lipinski definition) is 1. The summed E-state index contributed by atoms with van der Waals surface area (Å²) in [7, 11) is 1.59. The molecule has 1 aromatic carbocycles. The monoisotopic (exact) mass is 252 g/mol. The Morgan fingerprint density at radius 3 is 2.79 bits per heavy atom. The molecule has 0 aliphatic carbocycles. The van der Waals surface area contributed by atoms with Gasteiger partial charge in [-0.1, -0.05) is 15.9 Å². The summed E-state index contributed by atoms with van der Waals surface area (Å²) in [6, 6.07) is 7.47. The number of fused-ring (bicyclic) bond motifs is 1. The second kappa shape index (κ2) is 3.46. The normalized spacial score (nSPS) is 10.4. The van der Waals surface area contributed by atoms with Crippen molar-refractivity contribution in [3.63, 3.8) is 0 Å². The summed E-state index contributed by atoms with van der Waals surface area (Å²) in [5.41, 5.74) is 7.23. The van der Waals surface area contributed by atoms with Gasteiger partial charge in [-0.3, -0.25) is 0 Å². The van der Waals surface area contributed by atoms with E-state index in [2.05, 4.69) is 20.9 Å². The molecule has 1 aromatic heterocycles. The van der Waals surface area contributed by atoms with Crippen molar-refractivity contribution in [3.05, 3.63) is 28.7 Å². The van der Waals surface area contributed by atoms with E-state index in [-0.39, 0.29) is 0 Å². The summed E-state index contributed by atoms with van der Waals surface area (Å²) in [6.07, 6.45) is 0. The van der Waals surface area contributed by atoms with Crippen LogP contribution in [0, 0.1) is 0 Å². The Bertz CT molecular complexity index is 485. The van der Waals surface area contributed by atoms with Crippen LogP contribution >= 0.6 is 15.9 Å². The first-order valence-corrected chi connectivity index (χ1v) is 4.90. The minimum Gasteiger partial charge on any atom is -0.481 e. The molecule has 72 valence electrons. The molecule has 14 heavy (non-hydrogen) atoms. The fraction of sp³-hybridized carbons (Fsp3) is 0.100. The molecule has 0 amide bonds. The van der Waals surface area contributed by atoms with Crippen LogP contribution in [0.4, 0.5) is 5.69 Å². The third kappa shape index (κ3) is 1.42. The van der Waals surface area contributed by atoms with Crippen molar-refractivity contribution in [2.45, 2.75) is 0 Å². The summed E-state index contributed by atoms with van der Waals surface area (Å²) in [5.74, 6) is 0.572. The van der Waals surface area contributed by atoms with Crippen LogP contribution in [0.5, 0.6) is 5.88 Å². The topological polar surface area (TPSA) is 48.1 Å². The number of benzene rings is 1. The first-order valence-electron chi connectivity index (χ1n) is 4.11. The van der Waals surface area contributed by atoms with E-state index in [9.17, 15) is 0 Å². The van der Waals surface area contributed by atoms with E-state index in [0.29, 0.717) is 11.6 Å². The molecule has 0 saturated heterocycles. The van der Waals surface area contributed by atoms with Crippen LogP contribution in [0.15, 0.2) is 28.7 Å². The molecular formula is C10H9BrN2O. The number of methoxy groups -OCH3 is 1. The second-order valence-electron chi connectivity index (χ2n) is 2.89. The zero-order chi connectivity index (χ0) is 10.1. The smallest absolute Gasteiger partial charge is 0.213 e. The highest BCUT2D eigenvalue weighted by Gasteiger charge is 2.04. The van der Waals surface area contributed by atoms with E-state index in [1.165, 1.54) is 0 Å². The quantitative estimate of drug-likeness (QED) is 0.794. The molecule has 0 saturated carbocycles. The molecule has 2 rings (SSSR count). The lowest BCUT2D eigenvalue weighted by atomic mass is 10.2. The first-order chi connectivity index (χ1) is 6.72. The second-order valence-corrected chi connectivity index (χ2v) is 3.74. The molecule has 0 fully saturated rings. The van der Waals surface area contributed by atoms with Gasteiger partial charge in [0.15, 0.2) is 0 Å². The number of rotatable bonds is 1. The minimum atomic E-state index is 0.572. The van der Waals surface area contributed by atoms with Gasteiger partial charge in [-0.05, 0) is 18.2 Å². The molecule has 0 bridgehead atoms. The molecule has 2 N–H and O–H groups in total. The van der Waals surface area contributed by atoms with Gasteiger partial charge in [-0.25, -0.2) is 4.98 Å². The van der Waals surface area contributed by atoms with Crippen molar-refractivity contribution >= 4 is 32.5 Å². The zero-order valence-corrected chi connectivity index (χ0v) is 9.21. The standard InChI is InChI=1S/C10H9BrN2O/c1-14-9-5-2-6-7(11)3-4-8(12)10(6)13-9/h2-5H,12H2,1H3. The Hall–Kier alpha value is -1.29. The van der Waals surface area contributed by atoms with Gasteiger partial charge in [0.25, 0.3) is 0 Å². The molecule has 2 aromatic rings. The number of nitrogens with two attached hydrogens (primary N) is 1. The van der Waals surface area contributed by atoms with Gasteiger partial charge in [-0.2, -0.15) is 0 Å². The van der Waals surface area contributed by atoms with Gasteiger partial charge in [0, 0.05) is 15.9 Å². The van der Waals surface area contributed by atoms with Crippen molar-refractivity contribution in [2.75, 3.05) is 12.8 Å². The molecule has 0 unspecified atom stereocenters. The summed E-state index contributed by atoms with van der Waals surface area (Å²) in [4.78, 5) is 4.28. The van der Waals surface area contributed by atoms with Crippen molar-refractivity contribution < 1.29 is 4.74 Å². The van der Waals surface area contributed by atoms with Crippen LogP contribution in [0.1, 0.15) is 0 Å². The van der Waals surface area contributed by atoms with Gasteiger partial charge in [0.2, 0.25) is 5.88 Å². The van der Waals surface area contributed by atoms with Crippen LogP contribution in [0.25, 0.3) is 10.9 Å². The fourth-order valence-electron chi connectivity index (χ4n) is 1.30. The largest absolute Gasteiger partial charge is 0.481 e. The minimum absolute atomic E-state index is 0.572. The molecule has 0 atom stereocenters. The van der Waals surface area contributed by atoms with Gasteiger partial charge < -0.3 is 10.5 Å². The number of aromatic nitrogens is 1. The Morgan fingerprint density at radius 2 is 2.07 bits per heavy atom. The van der Waals surface area contributed by atoms with Gasteiger partial charge in [0.1, 0.15) is 0 Å². The predicted octanol–water partition coefficient (Wildman–Crippen LogP) is 2.59. The predicted molar refractivity (Wildman–Crippen MR) is 60.4 cm³/mol. The van der Waals surface area contributed by atoms with E-state index < -0.39 is 0 Å². The van der Waals surface area contributed by atoms with Crippen molar-refractivity contribution in [3.8, 4) is 5.88 Å². The van der Waals surface area contributed by atoms with Crippen LogP contribution in [-0.4, -0.2) is 12.1 Å². The molecule has 0 spiro atoms. The first kappa shape index (κ1) is 9.27. The Morgan fingerprint density at radius 1 is 1.29 bits per heavy atom. The molecule has 0 aliphatic rings. The molecule has 4 heteroatoms. The van der Waals surface area contributed by atoms with Gasteiger partial charge in [-0.15, -0.1) is 0 Å². The van der Waals surface area contributed by atoms with E-state index in [1.54, 1.807) is 7.11 Å². The van der Waals surface area contributed by atoms with Crippen LogP contribution in [0.3, 0.4) is 0 Å². The van der Waals surface area contributed by atoms with E-state index >= 15 is 0 Å². The highest BCUT2D eigenvalue weighted by atomic mass is 79.9. The summed E-state index contributed by atoms with van der Waals surface area (Å²) in [5, 5.41) is 0.991.